The second-order valence-electron chi connectivity index (χ2n) is 8.58. The highest BCUT2D eigenvalue weighted by molar-refractivity contribution is 5.91. The van der Waals surface area contributed by atoms with Gasteiger partial charge in [0.05, 0.1) is 11.5 Å². The van der Waals surface area contributed by atoms with E-state index in [2.05, 4.69) is 14.8 Å². The summed E-state index contributed by atoms with van der Waals surface area (Å²) in [6.45, 7) is 0.735. The minimum absolute atomic E-state index is 0.0223. The molecule has 2 fully saturated rings. The van der Waals surface area contributed by atoms with Gasteiger partial charge in [0.2, 0.25) is 12.7 Å². The van der Waals surface area contributed by atoms with Gasteiger partial charge in [0.15, 0.2) is 23.0 Å². The van der Waals surface area contributed by atoms with Crippen LogP contribution in [0.1, 0.15) is 42.9 Å². The van der Waals surface area contributed by atoms with Crippen LogP contribution in [-0.4, -0.2) is 31.6 Å². The molecule has 1 saturated carbocycles. The number of benzene rings is 2. The summed E-state index contributed by atoms with van der Waals surface area (Å²) in [6, 6.07) is 10.3. The number of fused-ring (bicyclic) bond motifs is 2. The van der Waals surface area contributed by atoms with Crippen molar-refractivity contribution in [2.75, 3.05) is 13.4 Å². The molecule has 1 N–H and O–H groups in total. The van der Waals surface area contributed by atoms with Gasteiger partial charge in [-0.15, -0.1) is 8.78 Å². The first kappa shape index (κ1) is 19.6. The smallest absolute Gasteiger partial charge is 0.454 e. The van der Waals surface area contributed by atoms with E-state index in [0.717, 1.165) is 5.56 Å². The Hall–Kier alpha value is -3.07. The van der Waals surface area contributed by atoms with Crippen molar-refractivity contribution in [3.63, 3.8) is 0 Å². The molecule has 1 amide bonds. The zero-order chi connectivity index (χ0) is 21.9. The lowest BCUT2D eigenvalue weighted by molar-refractivity contribution is -0.286. The van der Waals surface area contributed by atoms with Crippen LogP contribution in [0.25, 0.3) is 0 Å². The Bertz CT molecular complexity index is 1090. The SMILES string of the molecule is O=C(N[C@@H]1CCO[C@H](c2ccc3c(c2)OCO3)C1)C1(c2ccc3c(c2)OC(F)(F)O3)CC1. The first-order valence-electron chi connectivity index (χ1n) is 10.6. The average molecular weight is 445 g/mol. The van der Waals surface area contributed by atoms with Crippen molar-refractivity contribution in [2.45, 2.75) is 49.5 Å². The molecule has 1 aliphatic carbocycles. The van der Waals surface area contributed by atoms with Gasteiger partial charge in [0.1, 0.15) is 0 Å². The van der Waals surface area contributed by atoms with Crippen LogP contribution in [0.5, 0.6) is 23.0 Å². The standard InChI is InChI=1S/C23H21F2NO6/c24-23(25)31-17-4-2-14(10-20(17)32-23)22(6-7-22)21(27)26-15-5-8-28-18(11-15)13-1-3-16-19(9-13)30-12-29-16/h1-4,9-10,15,18H,5-8,11-12H2,(H,26,27)/t15-,18+/m1/s1. The number of halogens is 2. The number of carbonyl (C=O) groups excluding carboxylic acids is 1. The summed E-state index contributed by atoms with van der Waals surface area (Å²) in [5, 5.41) is 3.16. The molecular weight excluding hydrogens is 424 g/mol. The first-order valence-corrected chi connectivity index (χ1v) is 10.6. The molecule has 3 aliphatic heterocycles. The van der Waals surface area contributed by atoms with Crippen molar-refractivity contribution >= 4 is 5.91 Å². The van der Waals surface area contributed by atoms with Crippen LogP contribution < -0.4 is 24.3 Å². The molecule has 1 saturated heterocycles. The van der Waals surface area contributed by atoms with Gasteiger partial charge >= 0.3 is 6.29 Å². The Labute approximate surface area is 182 Å². The van der Waals surface area contributed by atoms with Crippen molar-refractivity contribution in [1.29, 1.82) is 0 Å². The van der Waals surface area contributed by atoms with E-state index in [-0.39, 0.29) is 36.3 Å². The number of hydrogen-bond donors (Lipinski definition) is 1. The van der Waals surface area contributed by atoms with Crippen molar-refractivity contribution in [1.82, 2.24) is 5.32 Å². The van der Waals surface area contributed by atoms with Gasteiger partial charge in [0.25, 0.3) is 0 Å². The zero-order valence-electron chi connectivity index (χ0n) is 17.1. The van der Waals surface area contributed by atoms with Crippen LogP contribution in [-0.2, 0) is 14.9 Å². The van der Waals surface area contributed by atoms with E-state index in [4.69, 9.17) is 14.2 Å². The van der Waals surface area contributed by atoms with Gasteiger partial charge in [-0.1, -0.05) is 12.1 Å². The molecule has 0 aromatic heterocycles. The fraction of sp³-hybridized carbons (Fsp3) is 0.435. The highest BCUT2D eigenvalue weighted by atomic mass is 19.3. The Morgan fingerprint density at radius 3 is 2.59 bits per heavy atom. The molecule has 0 unspecified atom stereocenters. The van der Waals surface area contributed by atoms with Crippen molar-refractivity contribution in [3.05, 3.63) is 47.5 Å². The number of alkyl halides is 2. The second kappa shape index (κ2) is 6.96. The summed E-state index contributed by atoms with van der Waals surface area (Å²) in [5.74, 6) is 1.25. The lowest BCUT2D eigenvalue weighted by Crippen LogP contribution is -2.44. The third-order valence-corrected chi connectivity index (χ3v) is 6.53. The van der Waals surface area contributed by atoms with Crippen LogP contribution in [0, 0.1) is 0 Å². The van der Waals surface area contributed by atoms with Crippen LogP contribution in [0.3, 0.4) is 0 Å². The maximum Gasteiger partial charge on any atom is 0.586 e. The summed E-state index contributed by atoms with van der Waals surface area (Å²) < 4.78 is 52.5. The molecule has 9 heteroatoms. The van der Waals surface area contributed by atoms with E-state index >= 15 is 0 Å². The predicted octanol–water partition coefficient (Wildman–Crippen LogP) is 3.80. The van der Waals surface area contributed by atoms with Gasteiger partial charge in [-0.3, -0.25) is 4.79 Å². The third kappa shape index (κ3) is 3.31. The van der Waals surface area contributed by atoms with Crippen molar-refractivity contribution < 1.29 is 37.3 Å². The topological polar surface area (TPSA) is 75.3 Å². The lowest BCUT2D eigenvalue weighted by Gasteiger charge is -2.31. The van der Waals surface area contributed by atoms with Gasteiger partial charge in [-0.05, 0) is 61.1 Å². The maximum atomic E-state index is 13.3. The van der Waals surface area contributed by atoms with Crippen LogP contribution in [0.4, 0.5) is 8.78 Å². The van der Waals surface area contributed by atoms with E-state index < -0.39 is 11.7 Å². The molecule has 32 heavy (non-hydrogen) atoms. The van der Waals surface area contributed by atoms with Gasteiger partial charge in [-0.25, -0.2) is 0 Å². The normalized spacial score (nSPS) is 25.9. The third-order valence-electron chi connectivity index (χ3n) is 6.53. The van der Waals surface area contributed by atoms with Gasteiger partial charge < -0.3 is 29.0 Å². The number of ether oxygens (including phenoxy) is 5. The first-order chi connectivity index (χ1) is 15.4. The van der Waals surface area contributed by atoms with Crippen LogP contribution >= 0.6 is 0 Å². The number of nitrogens with one attached hydrogen (secondary N) is 1. The number of amides is 1. The quantitative estimate of drug-likeness (QED) is 0.772. The lowest BCUT2D eigenvalue weighted by atomic mass is 9.92. The van der Waals surface area contributed by atoms with Gasteiger partial charge in [0, 0.05) is 12.6 Å². The Morgan fingerprint density at radius 1 is 0.969 bits per heavy atom. The Kier molecular flexibility index (Phi) is 4.27. The molecule has 168 valence electrons. The molecule has 2 atom stereocenters. The van der Waals surface area contributed by atoms with Crippen LogP contribution in [0.2, 0.25) is 0 Å². The zero-order valence-corrected chi connectivity index (χ0v) is 17.1. The van der Waals surface area contributed by atoms with E-state index in [0.29, 0.717) is 49.4 Å². The molecule has 7 nitrogen and oxygen atoms in total. The molecule has 0 radical (unpaired) electrons. The maximum absolute atomic E-state index is 13.3. The minimum atomic E-state index is -3.67. The van der Waals surface area contributed by atoms with Crippen LogP contribution in [0.15, 0.2) is 36.4 Å². The molecule has 2 aromatic rings. The predicted molar refractivity (Wildman–Crippen MR) is 106 cm³/mol. The van der Waals surface area contributed by atoms with E-state index in [1.165, 1.54) is 12.1 Å². The summed E-state index contributed by atoms with van der Waals surface area (Å²) in [7, 11) is 0. The largest absolute Gasteiger partial charge is 0.586 e. The van der Waals surface area contributed by atoms with E-state index in [1.807, 2.05) is 18.2 Å². The molecule has 6 rings (SSSR count). The van der Waals surface area contributed by atoms with Crippen molar-refractivity contribution in [2.24, 2.45) is 0 Å². The molecular formula is C23H21F2NO6. The van der Waals surface area contributed by atoms with Gasteiger partial charge in [-0.2, -0.15) is 0 Å². The highest BCUT2D eigenvalue weighted by Crippen LogP contribution is 2.52. The highest BCUT2D eigenvalue weighted by Gasteiger charge is 2.53. The fourth-order valence-electron chi connectivity index (χ4n) is 4.62. The molecule has 4 aliphatic rings. The summed E-state index contributed by atoms with van der Waals surface area (Å²) in [5.41, 5.74) is 0.920. The number of hydrogen-bond acceptors (Lipinski definition) is 6. The Morgan fingerprint density at radius 2 is 1.75 bits per heavy atom. The van der Waals surface area contributed by atoms with E-state index in [9.17, 15) is 13.6 Å². The summed E-state index contributed by atoms with van der Waals surface area (Å²) >= 11 is 0. The molecule has 3 heterocycles. The number of rotatable bonds is 4. The van der Waals surface area contributed by atoms with Crippen molar-refractivity contribution in [3.8, 4) is 23.0 Å². The summed E-state index contributed by atoms with van der Waals surface area (Å²) in [6.07, 6.45) is -1.18. The number of carbonyl (C=O) groups is 1. The summed E-state index contributed by atoms with van der Waals surface area (Å²) in [4.78, 5) is 13.2. The second-order valence-corrected chi connectivity index (χ2v) is 8.58. The molecule has 0 spiro atoms. The molecule has 2 aromatic carbocycles. The fourth-order valence-corrected chi connectivity index (χ4v) is 4.62. The minimum Gasteiger partial charge on any atom is -0.454 e. The van der Waals surface area contributed by atoms with E-state index in [1.54, 1.807) is 6.07 Å². The average Bonchev–Trinajstić information content (AvgIpc) is 3.34. The monoisotopic (exact) mass is 445 g/mol. The molecule has 0 bridgehead atoms. The Balaban J connectivity index is 1.15.